The molecule has 0 saturated carbocycles. The largest absolute Gasteiger partial charge is 0.508 e. The molecule has 0 aliphatic rings. The topological polar surface area (TPSA) is 78.8 Å². The fourth-order valence-corrected chi connectivity index (χ4v) is 2.33. The molecule has 0 spiro atoms. The number of nitrogens with one attached hydrogen (secondary N) is 1. The summed E-state index contributed by atoms with van der Waals surface area (Å²) < 4.78 is 6.38. The van der Waals surface area contributed by atoms with Gasteiger partial charge in [0.05, 0.1) is 0 Å². The maximum Gasteiger partial charge on any atom is 0.412 e. The van der Waals surface area contributed by atoms with Crippen molar-refractivity contribution in [2.24, 2.45) is 0 Å². The highest BCUT2D eigenvalue weighted by Crippen LogP contribution is 2.25. The molecular weight excluding hydrogens is 362 g/mol. The van der Waals surface area contributed by atoms with E-state index in [0.29, 0.717) is 18.5 Å². The van der Waals surface area contributed by atoms with Crippen LogP contribution in [-0.2, 0) is 4.74 Å². The van der Waals surface area contributed by atoms with Gasteiger partial charge in [0, 0.05) is 16.8 Å². The Morgan fingerprint density at radius 3 is 2.39 bits per heavy atom. The summed E-state index contributed by atoms with van der Waals surface area (Å²) >= 11 is 3.33. The zero-order chi connectivity index (χ0) is 16.7. The Morgan fingerprint density at radius 1 is 1.13 bits per heavy atom. The monoisotopic (exact) mass is 379 g/mol. The van der Waals surface area contributed by atoms with Gasteiger partial charge in [-0.25, -0.2) is 4.79 Å². The van der Waals surface area contributed by atoms with E-state index in [4.69, 9.17) is 9.84 Å². The van der Waals surface area contributed by atoms with E-state index in [1.165, 1.54) is 12.1 Å². The number of phenolic OH excluding ortho intramolecular Hbond substituents is 1. The third kappa shape index (κ3) is 5.58. The molecular formula is C17H18BrNO4. The minimum atomic E-state index is -0.566. The number of hydrogen-bond acceptors (Lipinski definition) is 4. The second-order valence-corrected chi connectivity index (χ2v) is 5.90. The van der Waals surface area contributed by atoms with Crippen LogP contribution in [0.15, 0.2) is 53.0 Å². The van der Waals surface area contributed by atoms with E-state index in [0.717, 1.165) is 10.0 Å². The van der Waals surface area contributed by atoms with Crippen LogP contribution in [0.3, 0.4) is 0 Å². The Labute approximate surface area is 143 Å². The third-order valence-electron chi connectivity index (χ3n) is 3.23. The number of aliphatic hydroxyl groups is 1. The summed E-state index contributed by atoms with van der Waals surface area (Å²) in [5, 5.41) is 21.0. The first-order valence-corrected chi connectivity index (χ1v) is 8.01. The van der Waals surface area contributed by atoms with Crippen molar-refractivity contribution in [1.82, 2.24) is 0 Å². The third-order valence-corrected chi connectivity index (χ3v) is 3.76. The van der Waals surface area contributed by atoms with Crippen molar-refractivity contribution in [3.05, 3.63) is 58.6 Å². The number of hydrogen-bond donors (Lipinski definition) is 3. The van der Waals surface area contributed by atoms with Crippen LogP contribution < -0.4 is 5.32 Å². The normalized spacial score (nSPS) is 11.7. The Balaban J connectivity index is 2.02. The maximum atomic E-state index is 12.1. The van der Waals surface area contributed by atoms with E-state index in [1.807, 2.05) is 12.1 Å². The molecule has 2 aromatic rings. The molecule has 6 heteroatoms. The van der Waals surface area contributed by atoms with Crippen LogP contribution in [0.4, 0.5) is 10.5 Å². The van der Waals surface area contributed by atoms with Crippen LogP contribution in [0.5, 0.6) is 5.75 Å². The number of phenols is 1. The van der Waals surface area contributed by atoms with Crippen LogP contribution in [0, 0.1) is 0 Å². The summed E-state index contributed by atoms with van der Waals surface area (Å²) in [6.45, 7) is 0.0201. The molecule has 1 atom stereocenters. The van der Waals surface area contributed by atoms with Crippen molar-refractivity contribution in [1.29, 1.82) is 0 Å². The Hall–Kier alpha value is -2.05. The van der Waals surface area contributed by atoms with Crippen LogP contribution in [-0.4, -0.2) is 22.9 Å². The second-order valence-electron chi connectivity index (χ2n) is 4.98. The van der Waals surface area contributed by atoms with E-state index < -0.39 is 12.2 Å². The second kappa shape index (κ2) is 8.55. The molecule has 0 heterocycles. The van der Waals surface area contributed by atoms with Gasteiger partial charge in [-0.3, -0.25) is 5.32 Å². The average molecular weight is 380 g/mol. The fraction of sp³-hybridized carbons (Fsp3) is 0.235. The molecule has 122 valence electrons. The molecule has 1 amide bonds. The molecule has 0 aliphatic heterocycles. The van der Waals surface area contributed by atoms with Gasteiger partial charge in [-0.05, 0) is 54.8 Å². The van der Waals surface area contributed by atoms with Gasteiger partial charge in [-0.1, -0.05) is 28.1 Å². The number of rotatable bonds is 6. The Bertz CT molecular complexity index is 628. The summed E-state index contributed by atoms with van der Waals surface area (Å²) in [7, 11) is 0. The fourth-order valence-electron chi connectivity index (χ4n) is 2.07. The highest BCUT2D eigenvalue weighted by atomic mass is 79.9. The van der Waals surface area contributed by atoms with Crippen molar-refractivity contribution in [2.75, 3.05) is 11.9 Å². The van der Waals surface area contributed by atoms with Gasteiger partial charge in [0.2, 0.25) is 0 Å². The molecule has 0 bridgehead atoms. The van der Waals surface area contributed by atoms with E-state index in [1.54, 1.807) is 24.3 Å². The molecule has 0 aliphatic carbocycles. The summed E-state index contributed by atoms with van der Waals surface area (Å²) in [4.78, 5) is 12.1. The number of amides is 1. The number of aliphatic hydroxyl groups excluding tert-OH is 1. The minimum absolute atomic E-state index is 0.0201. The first-order chi connectivity index (χ1) is 11.1. The summed E-state index contributed by atoms with van der Waals surface area (Å²) in [6.07, 6.45) is -0.0480. The van der Waals surface area contributed by atoms with Crippen molar-refractivity contribution in [2.45, 2.75) is 18.9 Å². The number of carbonyl (C=O) groups excluding carboxylic acids is 1. The zero-order valence-electron chi connectivity index (χ0n) is 12.4. The molecule has 0 fully saturated rings. The van der Waals surface area contributed by atoms with Gasteiger partial charge in [0.1, 0.15) is 11.9 Å². The summed E-state index contributed by atoms with van der Waals surface area (Å²) in [6, 6.07) is 13.6. The SMILES string of the molecule is O=C(Nc1ccc(Br)cc1)O[C@@H](CCCO)c1ccc(O)cc1. The highest BCUT2D eigenvalue weighted by Gasteiger charge is 2.16. The van der Waals surface area contributed by atoms with Crippen molar-refractivity contribution in [3.63, 3.8) is 0 Å². The lowest BCUT2D eigenvalue weighted by Gasteiger charge is -2.18. The number of aromatic hydroxyl groups is 1. The lowest BCUT2D eigenvalue weighted by atomic mass is 10.0. The number of ether oxygens (including phenoxy) is 1. The Morgan fingerprint density at radius 2 is 1.78 bits per heavy atom. The minimum Gasteiger partial charge on any atom is -0.508 e. The van der Waals surface area contributed by atoms with Gasteiger partial charge in [0.15, 0.2) is 0 Å². The van der Waals surface area contributed by atoms with Crippen LogP contribution in [0.25, 0.3) is 0 Å². The van der Waals surface area contributed by atoms with Crippen LogP contribution in [0.1, 0.15) is 24.5 Å². The predicted molar refractivity (Wildman–Crippen MR) is 91.4 cm³/mol. The molecule has 0 aromatic heterocycles. The van der Waals surface area contributed by atoms with E-state index in [9.17, 15) is 9.90 Å². The molecule has 0 unspecified atom stereocenters. The molecule has 2 rings (SSSR count). The Kier molecular flexibility index (Phi) is 6.43. The van der Waals surface area contributed by atoms with Gasteiger partial charge in [0.25, 0.3) is 0 Å². The van der Waals surface area contributed by atoms with Gasteiger partial charge in [-0.2, -0.15) is 0 Å². The van der Waals surface area contributed by atoms with E-state index >= 15 is 0 Å². The van der Waals surface area contributed by atoms with Crippen molar-refractivity contribution in [3.8, 4) is 5.75 Å². The number of benzene rings is 2. The van der Waals surface area contributed by atoms with Gasteiger partial charge in [-0.15, -0.1) is 0 Å². The molecule has 0 saturated heterocycles. The quantitative estimate of drug-likeness (QED) is 0.701. The average Bonchev–Trinajstić information content (AvgIpc) is 2.54. The molecule has 3 N–H and O–H groups in total. The maximum absolute atomic E-state index is 12.1. The lowest BCUT2D eigenvalue weighted by Crippen LogP contribution is -2.18. The molecule has 2 aromatic carbocycles. The van der Waals surface area contributed by atoms with Gasteiger partial charge >= 0.3 is 6.09 Å². The number of anilines is 1. The lowest BCUT2D eigenvalue weighted by molar-refractivity contribution is 0.0995. The number of carbonyl (C=O) groups is 1. The zero-order valence-corrected chi connectivity index (χ0v) is 14.0. The van der Waals surface area contributed by atoms with Crippen LogP contribution >= 0.6 is 15.9 Å². The molecule has 5 nitrogen and oxygen atoms in total. The van der Waals surface area contributed by atoms with E-state index in [-0.39, 0.29) is 12.4 Å². The summed E-state index contributed by atoms with van der Waals surface area (Å²) in [5.41, 5.74) is 1.40. The van der Waals surface area contributed by atoms with Crippen molar-refractivity contribution >= 4 is 27.7 Å². The smallest absolute Gasteiger partial charge is 0.412 e. The first kappa shape index (κ1) is 17.3. The highest BCUT2D eigenvalue weighted by molar-refractivity contribution is 9.10. The molecule has 0 radical (unpaired) electrons. The summed E-state index contributed by atoms with van der Waals surface area (Å²) in [5.74, 6) is 0.147. The van der Waals surface area contributed by atoms with E-state index in [2.05, 4.69) is 21.2 Å². The molecule has 23 heavy (non-hydrogen) atoms. The first-order valence-electron chi connectivity index (χ1n) is 7.21. The van der Waals surface area contributed by atoms with Crippen LogP contribution in [0.2, 0.25) is 0 Å². The van der Waals surface area contributed by atoms with Crippen molar-refractivity contribution < 1.29 is 19.7 Å². The van der Waals surface area contributed by atoms with Gasteiger partial charge < -0.3 is 14.9 Å². The predicted octanol–water partition coefficient (Wildman–Crippen LogP) is 4.22. The number of halogens is 1. The standard InChI is InChI=1S/C17H18BrNO4/c18-13-5-7-14(8-6-13)19-17(22)23-16(2-1-11-20)12-3-9-15(21)10-4-12/h3-10,16,20-21H,1-2,11H2,(H,19,22)/t16-/m0/s1.